The van der Waals surface area contributed by atoms with Gasteiger partial charge in [-0.15, -0.1) is 0 Å². The van der Waals surface area contributed by atoms with E-state index in [0.29, 0.717) is 24.5 Å². The lowest BCUT2D eigenvalue weighted by molar-refractivity contribution is -0.384. The van der Waals surface area contributed by atoms with E-state index in [1.807, 2.05) is 32.3 Å². The molecule has 2 aromatic carbocycles. The summed E-state index contributed by atoms with van der Waals surface area (Å²) in [6.07, 6.45) is 0.259. The Hall–Kier alpha value is -3.13. The predicted molar refractivity (Wildman–Crippen MR) is 106 cm³/mol. The van der Waals surface area contributed by atoms with Gasteiger partial charge in [-0.05, 0) is 43.9 Å². The first kappa shape index (κ1) is 21.2. The summed E-state index contributed by atoms with van der Waals surface area (Å²) >= 11 is 0. The highest BCUT2D eigenvalue weighted by Gasteiger charge is 2.16. The van der Waals surface area contributed by atoms with Crippen molar-refractivity contribution >= 4 is 11.8 Å². The van der Waals surface area contributed by atoms with Crippen molar-refractivity contribution in [3.05, 3.63) is 64.2 Å². The van der Waals surface area contributed by atoms with Crippen molar-refractivity contribution in [2.24, 2.45) is 0 Å². The summed E-state index contributed by atoms with van der Waals surface area (Å²) in [5.74, 6) is 1.07. The second kappa shape index (κ2) is 9.70. The molecule has 0 radical (unpaired) electrons. The van der Waals surface area contributed by atoms with E-state index < -0.39 is 11.0 Å². The normalized spacial score (nSPS) is 11.8. The largest absolute Gasteiger partial charge is 0.494 e. The maximum Gasteiger partial charge on any atom is 0.414 e. The van der Waals surface area contributed by atoms with E-state index in [0.717, 1.165) is 5.56 Å². The van der Waals surface area contributed by atoms with Crippen LogP contribution in [0.3, 0.4) is 0 Å². The van der Waals surface area contributed by atoms with Gasteiger partial charge in [0.15, 0.2) is 0 Å². The van der Waals surface area contributed by atoms with Gasteiger partial charge in [-0.3, -0.25) is 10.1 Å². The summed E-state index contributed by atoms with van der Waals surface area (Å²) in [5, 5.41) is 10.7. The monoisotopic (exact) mass is 387 g/mol. The minimum absolute atomic E-state index is 0.0302. The standard InChI is InChI=1S/C20H25N3O5/c1-21(2)19(12-13-27-17-10-8-16(9-11-17)23(25)26)15-6-5-7-18(14-15)28-20(24)22(3)4/h5-11,14,19H,12-13H2,1-4H3. The number of amides is 1. The summed E-state index contributed by atoms with van der Waals surface area (Å²) in [5.41, 5.74) is 1.03. The Morgan fingerprint density at radius 3 is 2.32 bits per heavy atom. The third kappa shape index (κ3) is 5.95. The number of rotatable bonds is 8. The van der Waals surface area contributed by atoms with Gasteiger partial charge < -0.3 is 19.3 Å². The van der Waals surface area contributed by atoms with Crippen molar-refractivity contribution in [3.8, 4) is 11.5 Å². The maximum atomic E-state index is 11.8. The first-order valence-electron chi connectivity index (χ1n) is 8.80. The van der Waals surface area contributed by atoms with E-state index in [1.165, 1.54) is 17.0 Å². The maximum absolute atomic E-state index is 11.8. The Kier molecular flexibility index (Phi) is 7.34. The summed E-state index contributed by atoms with van der Waals surface area (Å²) in [4.78, 5) is 25.4. The van der Waals surface area contributed by atoms with Crippen LogP contribution < -0.4 is 9.47 Å². The lowest BCUT2D eigenvalue weighted by Gasteiger charge is -2.25. The van der Waals surface area contributed by atoms with Crippen LogP contribution >= 0.6 is 0 Å². The Bertz CT molecular complexity index is 806. The number of carbonyl (C=O) groups is 1. The van der Waals surface area contributed by atoms with Gasteiger partial charge in [0, 0.05) is 38.7 Å². The molecule has 0 heterocycles. The zero-order valence-corrected chi connectivity index (χ0v) is 16.5. The summed E-state index contributed by atoms with van der Waals surface area (Å²) < 4.78 is 11.1. The number of carbonyl (C=O) groups excluding carboxylic acids is 1. The fourth-order valence-electron chi connectivity index (χ4n) is 2.65. The van der Waals surface area contributed by atoms with Crippen LogP contribution in [0.5, 0.6) is 11.5 Å². The molecule has 0 aromatic heterocycles. The summed E-state index contributed by atoms with van der Waals surface area (Å²) in [7, 11) is 7.19. The Morgan fingerprint density at radius 2 is 1.75 bits per heavy atom. The summed E-state index contributed by atoms with van der Waals surface area (Å²) in [6, 6.07) is 13.5. The van der Waals surface area contributed by atoms with Gasteiger partial charge in [0.2, 0.25) is 0 Å². The number of non-ortho nitro benzene ring substituents is 1. The second-order valence-electron chi connectivity index (χ2n) is 6.70. The molecule has 0 fully saturated rings. The summed E-state index contributed by atoms with van der Waals surface area (Å²) in [6.45, 7) is 0.433. The number of nitro groups is 1. The molecule has 150 valence electrons. The van der Waals surface area contributed by atoms with E-state index in [-0.39, 0.29) is 11.7 Å². The minimum atomic E-state index is -0.443. The number of hydrogen-bond acceptors (Lipinski definition) is 6. The van der Waals surface area contributed by atoms with Crippen LogP contribution in [0.15, 0.2) is 48.5 Å². The molecule has 0 N–H and O–H groups in total. The number of ether oxygens (including phenoxy) is 2. The van der Waals surface area contributed by atoms with Crippen molar-refractivity contribution in [2.45, 2.75) is 12.5 Å². The fraction of sp³-hybridized carbons (Fsp3) is 0.350. The molecule has 0 saturated heterocycles. The van der Waals surface area contributed by atoms with Crippen LogP contribution in [0.25, 0.3) is 0 Å². The molecule has 0 aliphatic carbocycles. The second-order valence-corrected chi connectivity index (χ2v) is 6.70. The van der Waals surface area contributed by atoms with Crippen molar-refractivity contribution in [1.29, 1.82) is 0 Å². The molecule has 0 spiro atoms. The zero-order chi connectivity index (χ0) is 20.7. The molecule has 28 heavy (non-hydrogen) atoms. The minimum Gasteiger partial charge on any atom is -0.494 e. The highest BCUT2D eigenvalue weighted by Crippen LogP contribution is 2.26. The van der Waals surface area contributed by atoms with Crippen LogP contribution in [-0.4, -0.2) is 55.6 Å². The average molecular weight is 387 g/mol. The number of nitrogens with zero attached hydrogens (tertiary/aromatic N) is 3. The van der Waals surface area contributed by atoms with Crippen LogP contribution in [0.4, 0.5) is 10.5 Å². The van der Waals surface area contributed by atoms with Crippen molar-refractivity contribution < 1.29 is 19.2 Å². The molecule has 0 aliphatic heterocycles. The van der Waals surface area contributed by atoms with E-state index >= 15 is 0 Å². The van der Waals surface area contributed by atoms with Gasteiger partial charge in [0.1, 0.15) is 11.5 Å². The van der Waals surface area contributed by atoms with E-state index in [2.05, 4.69) is 4.90 Å². The van der Waals surface area contributed by atoms with Crippen LogP contribution in [0, 0.1) is 10.1 Å². The Labute approximate surface area is 164 Å². The molecule has 1 unspecified atom stereocenters. The lowest BCUT2D eigenvalue weighted by Crippen LogP contribution is -2.25. The number of nitro benzene ring substituents is 1. The smallest absolute Gasteiger partial charge is 0.414 e. The van der Waals surface area contributed by atoms with Crippen molar-refractivity contribution in [2.75, 3.05) is 34.8 Å². The molecule has 2 aromatic rings. The van der Waals surface area contributed by atoms with E-state index in [4.69, 9.17) is 9.47 Å². The molecule has 0 saturated carbocycles. The molecule has 2 rings (SSSR count). The van der Waals surface area contributed by atoms with Crippen LogP contribution in [0.1, 0.15) is 18.0 Å². The molecule has 1 atom stereocenters. The third-order valence-electron chi connectivity index (χ3n) is 4.14. The van der Waals surface area contributed by atoms with Crippen LogP contribution in [-0.2, 0) is 0 Å². The lowest BCUT2D eigenvalue weighted by atomic mass is 10.0. The van der Waals surface area contributed by atoms with Gasteiger partial charge in [0.05, 0.1) is 11.5 Å². The Balaban J connectivity index is 2.01. The number of benzene rings is 2. The highest BCUT2D eigenvalue weighted by molar-refractivity contribution is 5.70. The highest BCUT2D eigenvalue weighted by atomic mass is 16.6. The van der Waals surface area contributed by atoms with Gasteiger partial charge in [-0.2, -0.15) is 0 Å². The zero-order valence-electron chi connectivity index (χ0n) is 16.5. The average Bonchev–Trinajstić information content (AvgIpc) is 2.65. The van der Waals surface area contributed by atoms with Gasteiger partial charge in [0.25, 0.3) is 5.69 Å². The first-order valence-corrected chi connectivity index (χ1v) is 8.80. The molecule has 8 heteroatoms. The van der Waals surface area contributed by atoms with E-state index in [1.54, 1.807) is 32.3 Å². The molecule has 0 bridgehead atoms. The SMILES string of the molecule is CN(C)C(=O)Oc1cccc(C(CCOc2ccc([N+](=O)[O-])cc2)N(C)C)c1. The molecule has 1 amide bonds. The topological polar surface area (TPSA) is 85.1 Å². The molecule has 0 aliphatic rings. The first-order chi connectivity index (χ1) is 13.3. The number of hydrogen-bond donors (Lipinski definition) is 0. The molecular weight excluding hydrogens is 362 g/mol. The predicted octanol–water partition coefficient (Wildman–Crippen LogP) is 3.73. The van der Waals surface area contributed by atoms with Gasteiger partial charge >= 0.3 is 6.09 Å². The van der Waals surface area contributed by atoms with Gasteiger partial charge in [-0.25, -0.2) is 4.79 Å². The quantitative estimate of drug-likeness (QED) is 0.507. The third-order valence-corrected chi connectivity index (χ3v) is 4.14. The van der Waals surface area contributed by atoms with Gasteiger partial charge in [-0.1, -0.05) is 12.1 Å². The van der Waals surface area contributed by atoms with E-state index in [9.17, 15) is 14.9 Å². The fourth-order valence-corrected chi connectivity index (χ4v) is 2.65. The molecule has 8 nitrogen and oxygen atoms in total. The van der Waals surface area contributed by atoms with Crippen molar-refractivity contribution in [3.63, 3.8) is 0 Å². The molecular formula is C20H25N3O5. The van der Waals surface area contributed by atoms with Crippen molar-refractivity contribution in [1.82, 2.24) is 9.80 Å². The Morgan fingerprint density at radius 1 is 1.07 bits per heavy atom. The van der Waals surface area contributed by atoms with Crippen LogP contribution in [0.2, 0.25) is 0 Å².